The minimum absolute atomic E-state index is 0.294. The molecule has 3 nitrogen and oxygen atoms in total. The predicted molar refractivity (Wildman–Crippen MR) is 99.5 cm³/mol. The number of hydrogen-bond acceptors (Lipinski definition) is 3. The molecule has 0 unspecified atom stereocenters. The third kappa shape index (κ3) is 2.93. The first-order valence-corrected chi connectivity index (χ1v) is 9.81. The number of aromatic hydroxyl groups is 1. The van der Waals surface area contributed by atoms with Gasteiger partial charge in [-0.2, -0.15) is 0 Å². The maximum absolute atomic E-state index is 14.3. The molecule has 4 aliphatic heterocycles. The monoisotopic (exact) mass is 370 g/mol. The lowest BCUT2D eigenvalue weighted by molar-refractivity contribution is -0.00893. The second-order valence-corrected chi connectivity index (χ2v) is 8.22. The summed E-state index contributed by atoms with van der Waals surface area (Å²) >= 11 is 0. The SMILES string of the molecule is Oc1cccc([C@@H]2CN(Cc3ccc(F)cc3F)[C@@H]3C4CCN(CC4)[C@@H]32)c1. The number of benzene rings is 2. The number of phenols is 1. The predicted octanol–water partition coefficient (Wildman–Crippen LogP) is 3.73. The summed E-state index contributed by atoms with van der Waals surface area (Å²) in [5.41, 5.74) is 1.71. The van der Waals surface area contributed by atoms with Gasteiger partial charge in [0.05, 0.1) is 0 Å². The smallest absolute Gasteiger partial charge is 0.130 e. The van der Waals surface area contributed by atoms with Gasteiger partial charge >= 0.3 is 0 Å². The fourth-order valence-corrected chi connectivity index (χ4v) is 5.64. The second-order valence-electron chi connectivity index (χ2n) is 8.22. The molecule has 4 fully saturated rings. The topological polar surface area (TPSA) is 26.7 Å². The Balaban J connectivity index is 1.49. The van der Waals surface area contributed by atoms with E-state index in [0.29, 0.717) is 41.8 Å². The molecule has 0 aliphatic carbocycles. The van der Waals surface area contributed by atoms with Crippen molar-refractivity contribution in [1.82, 2.24) is 9.80 Å². The molecule has 27 heavy (non-hydrogen) atoms. The summed E-state index contributed by atoms with van der Waals surface area (Å²) in [6.45, 7) is 3.59. The Kier molecular flexibility index (Phi) is 4.17. The molecule has 4 saturated heterocycles. The van der Waals surface area contributed by atoms with E-state index in [9.17, 15) is 13.9 Å². The summed E-state index contributed by atoms with van der Waals surface area (Å²) in [6.07, 6.45) is 2.38. The Morgan fingerprint density at radius 2 is 1.81 bits per heavy atom. The fourth-order valence-electron chi connectivity index (χ4n) is 5.64. The first-order valence-electron chi connectivity index (χ1n) is 9.81. The van der Waals surface area contributed by atoms with E-state index in [1.165, 1.54) is 18.9 Å². The van der Waals surface area contributed by atoms with E-state index >= 15 is 0 Å². The van der Waals surface area contributed by atoms with Gasteiger partial charge in [-0.25, -0.2) is 8.78 Å². The maximum atomic E-state index is 14.3. The minimum atomic E-state index is -0.531. The standard InChI is InChI=1S/C22H24F2N2O/c23-17-5-4-16(20(24)11-17)12-26-13-19(15-2-1-3-18(27)10-15)22-21(26)14-6-8-25(22)9-7-14/h1-5,10-11,14,19,21-22,27H,6-9,12-13H2/t19-,21+,22+/m0/s1. The Morgan fingerprint density at radius 1 is 1.00 bits per heavy atom. The fraction of sp³-hybridized carbons (Fsp3) is 0.455. The van der Waals surface area contributed by atoms with Gasteiger partial charge in [0.15, 0.2) is 0 Å². The Bertz CT molecular complexity index is 850. The van der Waals surface area contributed by atoms with Crippen molar-refractivity contribution in [2.75, 3.05) is 19.6 Å². The molecule has 0 amide bonds. The molecule has 2 bridgehead atoms. The van der Waals surface area contributed by atoms with Crippen LogP contribution in [0.25, 0.3) is 0 Å². The summed E-state index contributed by atoms with van der Waals surface area (Å²) in [7, 11) is 0. The summed E-state index contributed by atoms with van der Waals surface area (Å²) in [6, 6.07) is 12.3. The Morgan fingerprint density at radius 3 is 2.56 bits per heavy atom. The van der Waals surface area contributed by atoms with Crippen LogP contribution in [0.3, 0.4) is 0 Å². The molecule has 0 radical (unpaired) electrons. The van der Waals surface area contributed by atoms with Gasteiger partial charge < -0.3 is 5.11 Å². The summed E-state index contributed by atoms with van der Waals surface area (Å²) in [5.74, 6) is 0.229. The Labute approximate surface area is 158 Å². The van der Waals surface area contributed by atoms with Gasteiger partial charge in [0.25, 0.3) is 0 Å². The first-order chi connectivity index (χ1) is 13.1. The van der Waals surface area contributed by atoms with Crippen molar-refractivity contribution in [2.24, 2.45) is 5.92 Å². The molecular weight excluding hydrogens is 346 g/mol. The highest BCUT2D eigenvalue weighted by Crippen LogP contribution is 2.47. The van der Waals surface area contributed by atoms with E-state index in [0.717, 1.165) is 31.3 Å². The highest BCUT2D eigenvalue weighted by Gasteiger charge is 2.53. The molecule has 0 saturated carbocycles. The molecule has 4 heterocycles. The zero-order valence-electron chi connectivity index (χ0n) is 15.2. The molecule has 6 rings (SSSR count). The summed E-state index contributed by atoms with van der Waals surface area (Å²) in [4.78, 5) is 4.98. The van der Waals surface area contributed by atoms with Crippen LogP contribution < -0.4 is 0 Å². The van der Waals surface area contributed by atoms with Crippen LogP contribution in [0.5, 0.6) is 5.75 Å². The molecule has 5 heteroatoms. The lowest BCUT2D eigenvalue weighted by Gasteiger charge is -2.51. The van der Waals surface area contributed by atoms with Gasteiger partial charge in [-0.3, -0.25) is 9.80 Å². The van der Waals surface area contributed by atoms with E-state index < -0.39 is 11.6 Å². The van der Waals surface area contributed by atoms with Crippen LogP contribution in [0.4, 0.5) is 8.78 Å². The molecule has 2 aromatic carbocycles. The van der Waals surface area contributed by atoms with Gasteiger partial charge in [-0.1, -0.05) is 18.2 Å². The highest BCUT2D eigenvalue weighted by atomic mass is 19.1. The van der Waals surface area contributed by atoms with E-state index in [1.54, 1.807) is 12.1 Å². The lowest BCUT2D eigenvalue weighted by Crippen LogP contribution is -2.60. The zero-order chi connectivity index (χ0) is 18.5. The molecule has 0 aromatic heterocycles. The van der Waals surface area contributed by atoms with Gasteiger partial charge in [0.1, 0.15) is 17.4 Å². The average Bonchev–Trinajstić information content (AvgIpc) is 3.07. The number of fused-ring (bicyclic) bond motifs is 2. The molecule has 142 valence electrons. The van der Waals surface area contributed by atoms with Crippen molar-refractivity contribution in [3.63, 3.8) is 0 Å². The van der Waals surface area contributed by atoms with Crippen LogP contribution in [0.2, 0.25) is 0 Å². The van der Waals surface area contributed by atoms with Gasteiger partial charge in [0, 0.05) is 42.7 Å². The lowest BCUT2D eigenvalue weighted by atomic mass is 9.75. The molecule has 2 aromatic rings. The van der Waals surface area contributed by atoms with Crippen LogP contribution in [-0.2, 0) is 6.54 Å². The first kappa shape index (κ1) is 17.1. The largest absolute Gasteiger partial charge is 0.508 e. The van der Waals surface area contributed by atoms with Crippen molar-refractivity contribution in [2.45, 2.75) is 37.4 Å². The summed E-state index contributed by atoms with van der Waals surface area (Å²) < 4.78 is 27.6. The molecule has 4 aliphatic rings. The van der Waals surface area contributed by atoms with Gasteiger partial charge in [-0.15, -0.1) is 0 Å². The van der Waals surface area contributed by atoms with Crippen molar-refractivity contribution >= 4 is 0 Å². The third-order valence-corrected chi connectivity index (χ3v) is 6.78. The van der Waals surface area contributed by atoms with Crippen molar-refractivity contribution in [3.05, 3.63) is 65.2 Å². The number of hydrogen-bond donors (Lipinski definition) is 1. The highest BCUT2D eigenvalue weighted by molar-refractivity contribution is 5.33. The molecule has 1 N–H and O–H groups in total. The van der Waals surface area contributed by atoms with Gasteiger partial charge in [-0.05, 0) is 55.6 Å². The minimum Gasteiger partial charge on any atom is -0.508 e. The van der Waals surface area contributed by atoms with E-state index in [4.69, 9.17) is 0 Å². The molecule has 0 spiro atoms. The normalized spacial score (nSPS) is 32.6. The number of halogens is 2. The number of rotatable bonds is 3. The maximum Gasteiger partial charge on any atom is 0.130 e. The van der Waals surface area contributed by atoms with E-state index in [2.05, 4.69) is 15.9 Å². The van der Waals surface area contributed by atoms with Crippen LogP contribution in [0.15, 0.2) is 42.5 Å². The van der Waals surface area contributed by atoms with Crippen LogP contribution >= 0.6 is 0 Å². The molecular formula is C22H24F2N2O. The van der Waals surface area contributed by atoms with Crippen molar-refractivity contribution in [1.29, 1.82) is 0 Å². The zero-order valence-corrected chi connectivity index (χ0v) is 15.2. The number of likely N-dealkylation sites (tertiary alicyclic amines) is 1. The molecule has 3 atom stereocenters. The average molecular weight is 370 g/mol. The number of nitrogens with zero attached hydrogens (tertiary/aromatic N) is 2. The van der Waals surface area contributed by atoms with Crippen LogP contribution in [-0.4, -0.2) is 46.6 Å². The number of piperidine rings is 3. The van der Waals surface area contributed by atoms with E-state index in [-0.39, 0.29) is 0 Å². The Hall–Kier alpha value is -1.98. The van der Waals surface area contributed by atoms with E-state index in [1.807, 2.05) is 12.1 Å². The van der Waals surface area contributed by atoms with Gasteiger partial charge in [0.2, 0.25) is 0 Å². The quantitative estimate of drug-likeness (QED) is 0.892. The second kappa shape index (κ2) is 6.57. The summed E-state index contributed by atoms with van der Waals surface area (Å²) in [5, 5.41) is 9.95. The number of phenolic OH excluding ortho intramolecular Hbond substituents is 1. The third-order valence-electron chi connectivity index (χ3n) is 6.78. The van der Waals surface area contributed by atoms with Crippen molar-refractivity contribution < 1.29 is 13.9 Å². The van der Waals surface area contributed by atoms with Crippen molar-refractivity contribution in [3.8, 4) is 5.75 Å². The van der Waals surface area contributed by atoms with Crippen LogP contribution in [0, 0.1) is 17.6 Å². The van der Waals surface area contributed by atoms with Crippen LogP contribution in [0.1, 0.15) is 29.9 Å².